The van der Waals surface area contributed by atoms with Gasteiger partial charge in [0.15, 0.2) is 0 Å². The number of nitrogens with zero attached hydrogens (tertiary/aromatic N) is 3. The zero-order chi connectivity index (χ0) is 31.9. The number of aryl methyl sites for hydroxylation is 1. The lowest BCUT2D eigenvalue weighted by Crippen LogP contribution is -2.59. The molecule has 2 amide bonds. The maximum atomic E-state index is 14.3. The van der Waals surface area contributed by atoms with Gasteiger partial charge in [-0.25, -0.2) is 0 Å². The van der Waals surface area contributed by atoms with Crippen molar-refractivity contribution in [1.82, 2.24) is 15.1 Å². The van der Waals surface area contributed by atoms with Gasteiger partial charge in [0, 0.05) is 68.1 Å². The second-order valence-electron chi connectivity index (χ2n) is 13.9. The molecule has 2 N–H and O–H groups in total. The number of alkyl halides is 3. The van der Waals surface area contributed by atoms with Gasteiger partial charge in [-0.3, -0.25) is 14.5 Å². The van der Waals surface area contributed by atoms with Crippen LogP contribution in [0.1, 0.15) is 56.1 Å². The molecule has 6 rings (SSSR count). The van der Waals surface area contributed by atoms with Crippen LogP contribution in [0, 0.1) is 24.7 Å². The molecule has 7 nitrogen and oxygen atoms in total. The number of piperazine rings is 1. The number of carbonyl (C=O) groups excluding carboxylic acids is 2. The number of piperidine rings is 2. The molecule has 1 aliphatic carbocycles. The first-order valence-electron chi connectivity index (χ1n) is 16.5. The van der Waals surface area contributed by atoms with E-state index in [-0.39, 0.29) is 48.6 Å². The maximum absolute atomic E-state index is 14.3. The quantitative estimate of drug-likeness (QED) is 0.465. The van der Waals surface area contributed by atoms with E-state index in [4.69, 9.17) is 0 Å². The Morgan fingerprint density at radius 1 is 0.956 bits per heavy atom. The number of likely N-dealkylation sites (N-methyl/N-ethyl adjacent to an activating group) is 1. The molecule has 7 atom stereocenters. The van der Waals surface area contributed by atoms with Crippen LogP contribution in [-0.2, 0) is 9.59 Å². The highest BCUT2D eigenvalue weighted by atomic mass is 19.4. The summed E-state index contributed by atoms with van der Waals surface area (Å²) in [6.07, 6.45) is -2.49. The van der Waals surface area contributed by atoms with E-state index in [0.29, 0.717) is 37.7 Å². The Morgan fingerprint density at radius 2 is 1.69 bits per heavy atom. The summed E-state index contributed by atoms with van der Waals surface area (Å²) in [5, 5.41) is 6.56. The minimum absolute atomic E-state index is 0.0448. The second kappa shape index (κ2) is 13.0. The van der Waals surface area contributed by atoms with E-state index in [1.165, 1.54) is 0 Å². The lowest BCUT2D eigenvalue weighted by molar-refractivity contribution is -0.192. The summed E-state index contributed by atoms with van der Waals surface area (Å²) in [7, 11) is 2.02. The van der Waals surface area contributed by atoms with Gasteiger partial charge in [-0.15, -0.1) is 0 Å². The zero-order valence-electron chi connectivity index (χ0n) is 26.5. The Bertz CT molecular complexity index is 1360. The summed E-state index contributed by atoms with van der Waals surface area (Å²) in [5.41, 5.74) is 3.25. The third-order valence-corrected chi connectivity index (χ3v) is 10.8. The van der Waals surface area contributed by atoms with Crippen molar-refractivity contribution in [3.05, 3.63) is 59.7 Å². The number of benzene rings is 2. The van der Waals surface area contributed by atoms with Crippen molar-refractivity contribution in [3.63, 3.8) is 0 Å². The van der Waals surface area contributed by atoms with Gasteiger partial charge in [0.25, 0.3) is 0 Å². The number of amides is 2. The van der Waals surface area contributed by atoms with E-state index in [1.54, 1.807) is 6.07 Å². The van der Waals surface area contributed by atoms with Gasteiger partial charge in [0.2, 0.25) is 11.8 Å². The standard InChI is InChI=1S/C35H46F3N5O2/c1-22-9-10-27(40-33(44)24-16-26(35(36,37)38)19-29(17-24)42-13-11-41(3)12-14-42)20-30(22)31-18-25-21-39-23(2)15-32(25)43(34(31)45)28-7-5-4-6-8-28/h4-10,20,23-26,29,31-32,39H,11-19,21H2,1-3H3,(H,40,44). The molecule has 0 aromatic heterocycles. The summed E-state index contributed by atoms with van der Waals surface area (Å²) in [5.74, 6) is -2.66. The topological polar surface area (TPSA) is 67.9 Å². The Labute approximate surface area is 264 Å². The molecule has 4 aliphatic rings. The third kappa shape index (κ3) is 6.93. The van der Waals surface area contributed by atoms with Crippen LogP contribution in [0.25, 0.3) is 0 Å². The lowest BCUT2D eigenvalue weighted by Gasteiger charge is -2.48. The van der Waals surface area contributed by atoms with Crippen molar-refractivity contribution in [2.24, 2.45) is 17.8 Å². The van der Waals surface area contributed by atoms with Gasteiger partial charge in [0.05, 0.1) is 11.8 Å². The molecule has 3 heterocycles. The van der Waals surface area contributed by atoms with Gasteiger partial charge in [-0.1, -0.05) is 24.3 Å². The number of para-hydroxylation sites is 1. The smallest absolute Gasteiger partial charge is 0.326 e. The van der Waals surface area contributed by atoms with Gasteiger partial charge in [-0.05, 0) is 94.3 Å². The van der Waals surface area contributed by atoms with Crippen molar-refractivity contribution < 1.29 is 22.8 Å². The highest BCUT2D eigenvalue weighted by molar-refractivity contribution is 6.00. The zero-order valence-corrected chi connectivity index (χ0v) is 26.5. The monoisotopic (exact) mass is 625 g/mol. The molecule has 10 heteroatoms. The van der Waals surface area contributed by atoms with E-state index in [2.05, 4.69) is 27.4 Å². The fourth-order valence-electron chi connectivity index (χ4n) is 8.18. The van der Waals surface area contributed by atoms with E-state index in [0.717, 1.165) is 42.9 Å². The molecule has 1 saturated carbocycles. The Balaban J connectivity index is 1.22. The average Bonchev–Trinajstić information content (AvgIpc) is 3.02. The number of rotatable bonds is 5. The number of carbonyl (C=O) groups is 2. The molecule has 45 heavy (non-hydrogen) atoms. The van der Waals surface area contributed by atoms with Gasteiger partial charge < -0.3 is 20.4 Å². The number of hydrogen-bond donors (Lipinski definition) is 2. The summed E-state index contributed by atoms with van der Waals surface area (Å²) >= 11 is 0. The van der Waals surface area contributed by atoms with Crippen LogP contribution < -0.4 is 15.5 Å². The normalized spacial score (nSPS) is 31.8. The van der Waals surface area contributed by atoms with Crippen LogP contribution >= 0.6 is 0 Å². The number of halogens is 3. The van der Waals surface area contributed by atoms with Crippen LogP contribution in [0.2, 0.25) is 0 Å². The summed E-state index contributed by atoms with van der Waals surface area (Å²) in [6.45, 7) is 8.01. The lowest BCUT2D eigenvalue weighted by atomic mass is 9.74. The molecule has 3 aliphatic heterocycles. The minimum Gasteiger partial charge on any atom is -0.326 e. The van der Waals surface area contributed by atoms with E-state index >= 15 is 0 Å². The van der Waals surface area contributed by atoms with Gasteiger partial charge in [0.1, 0.15) is 0 Å². The van der Waals surface area contributed by atoms with Crippen molar-refractivity contribution in [2.75, 3.05) is 50.0 Å². The van der Waals surface area contributed by atoms with Crippen molar-refractivity contribution >= 4 is 23.2 Å². The number of hydrogen-bond acceptors (Lipinski definition) is 5. The summed E-state index contributed by atoms with van der Waals surface area (Å²) in [4.78, 5) is 34.2. The molecule has 0 bridgehead atoms. The van der Waals surface area contributed by atoms with Crippen molar-refractivity contribution in [1.29, 1.82) is 0 Å². The SMILES string of the molecule is Cc1ccc(NC(=O)C2CC(N3CCN(C)CC3)CC(C(F)(F)F)C2)cc1C1CC2CNC(C)CC2N(c2ccccc2)C1=O. The minimum atomic E-state index is -4.34. The van der Waals surface area contributed by atoms with Crippen molar-refractivity contribution in [2.45, 2.75) is 76.2 Å². The number of fused-ring (bicyclic) bond motifs is 1. The highest BCUT2D eigenvalue weighted by Crippen LogP contribution is 2.44. The van der Waals surface area contributed by atoms with Gasteiger partial charge in [-0.2, -0.15) is 13.2 Å². The maximum Gasteiger partial charge on any atom is 0.391 e. The first-order valence-corrected chi connectivity index (χ1v) is 16.5. The Hall–Kier alpha value is -2.95. The summed E-state index contributed by atoms with van der Waals surface area (Å²) in [6, 6.07) is 15.6. The fraction of sp³-hybridized carbons (Fsp3) is 0.600. The average molecular weight is 626 g/mol. The molecular weight excluding hydrogens is 579 g/mol. The second-order valence-corrected chi connectivity index (χ2v) is 13.9. The molecular formula is C35H46F3N5O2. The Kier molecular flexibility index (Phi) is 9.28. The molecule has 2 aromatic carbocycles. The molecule has 3 saturated heterocycles. The van der Waals surface area contributed by atoms with Crippen LogP contribution in [-0.4, -0.2) is 85.7 Å². The molecule has 4 fully saturated rings. The largest absolute Gasteiger partial charge is 0.391 e. The first-order chi connectivity index (χ1) is 21.5. The summed E-state index contributed by atoms with van der Waals surface area (Å²) < 4.78 is 42.1. The number of anilines is 2. The predicted octanol–water partition coefficient (Wildman–Crippen LogP) is 5.42. The van der Waals surface area contributed by atoms with E-state index < -0.39 is 18.0 Å². The first kappa shape index (κ1) is 32.0. The van der Waals surface area contributed by atoms with Crippen LogP contribution in [0.3, 0.4) is 0 Å². The third-order valence-electron chi connectivity index (χ3n) is 10.8. The number of nitrogens with one attached hydrogen (secondary N) is 2. The van der Waals surface area contributed by atoms with E-state index in [9.17, 15) is 22.8 Å². The molecule has 0 spiro atoms. The molecule has 0 radical (unpaired) electrons. The van der Waals surface area contributed by atoms with Crippen molar-refractivity contribution in [3.8, 4) is 0 Å². The van der Waals surface area contributed by atoms with Gasteiger partial charge >= 0.3 is 6.18 Å². The predicted molar refractivity (Wildman–Crippen MR) is 170 cm³/mol. The fourth-order valence-corrected chi connectivity index (χ4v) is 8.18. The highest BCUT2D eigenvalue weighted by Gasteiger charge is 2.48. The Morgan fingerprint density at radius 3 is 2.40 bits per heavy atom. The van der Waals surface area contributed by atoms with Crippen LogP contribution in [0.4, 0.5) is 24.5 Å². The molecule has 2 aromatic rings. The van der Waals surface area contributed by atoms with Crippen LogP contribution in [0.15, 0.2) is 48.5 Å². The van der Waals surface area contributed by atoms with Crippen LogP contribution in [0.5, 0.6) is 0 Å². The molecule has 244 valence electrons. The van der Waals surface area contributed by atoms with E-state index in [1.807, 2.05) is 61.3 Å². The molecule has 7 unspecified atom stereocenters.